The molecule has 1 N–H and O–H groups in total. The van der Waals surface area contributed by atoms with Gasteiger partial charge in [-0.2, -0.15) is 0 Å². The van der Waals surface area contributed by atoms with Gasteiger partial charge in [0.2, 0.25) is 0 Å². The molecule has 0 saturated carbocycles. The van der Waals surface area contributed by atoms with E-state index in [9.17, 15) is 4.79 Å². The normalized spacial score (nSPS) is 10.8. The lowest BCUT2D eigenvalue weighted by molar-refractivity contribution is 0.102. The molecule has 1 amide bonds. The fraction of sp³-hybridized carbons (Fsp3) is 0.222. The molecule has 0 fully saturated rings. The van der Waals surface area contributed by atoms with Crippen molar-refractivity contribution in [1.82, 2.24) is 9.38 Å². The highest BCUT2D eigenvalue weighted by Gasteiger charge is 2.20. The number of carbonyl (C=O) groups excluding carboxylic acids is 1. The Balaban J connectivity index is 2.02. The number of nitrogens with zero attached hydrogens (tertiary/aromatic N) is 2. The van der Waals surface area contributed by atoms with Gasteiger partial charge in [0.25, 0.3) is 5.91 Å². The van der Waals surface area contributed by atoms with E-state index in [0.717, 1.165) is 15.9 Å². The molecular formula is C18H18BrN3O2. The Kier molecular flexibility index (Phi) is 4.85. The summed E-state index contributed by atoms with van der Waals surface area (Å²) in [4.78, 5) is 17.4. The zero-order valence-electron chi connectivity index (χ0n) is 13.5. The van der Waals surface area contributed by atoms with Gasteiger partial charge in [-0.1, -0.05) is 22.9 Å². The highest BCUT2D eigenvalue weighted by molar-refractivity contribution is 9.10. The van der Waals surface area contributed by atoms with Crippen LogP contribution in [-0.4, -0.2) is 21.9 Å². The van der Waals surface area contributed by atoms with Gasteiger partial charge in [-0.3, -0.25) is 9.20 Å². The zero-order valence-corrected chi connectivity index (χ0v) is 15.1. The van der Waals surface area contributed by atoms with E-state index in [2.05, 4.69) is 26.2 Å². The number of amides is 1. The van der Waals surface area contributed by atoms with Crippen LogP contribution in [0.25, 0.3) is 5.65 Å². The smallest absolute Gasteiger partial charge is 0.274 e. The summed E-state index contributed by atoms with van der Waals surface area (Å²) < 4.78 is 8.38. The number of aromatic nitrogens is 2. The second-order valence-corrected chi connectivity index (χ2v) is 6.14. The van der Waals surface area contributed by atoms with Crippen LogP contribution >= 0.6 is 15.9 Å². The number of imidazole rings is 1. The third-order valence-corrected chi connectivity index (χ3v) is 4.17. The lowest BCUT2D eigenvalue weighted by atomic mass is 10.2. The van der Waals surface area contributed by atoms with Gasteiger partial charge in [0.05, 0.1) is 12.3 Å². The second-order valence-electron chi connectivity index (χ2n) is 5.22. The van der Waals surface area contributed by atoms with Crippen LogP contribution in [0, 0.1) is 0 Å². The molecule has 0 aliphatic rings. The quantitative estimate of drug-likeness (QED) is 0.709. The first-order chi connectivity index (χ1) is 11.6. The molecule has 2 aromatic heterocycles. The molecule has 0 radical (unpaired) electrons. The molecule has 124 valence electrons. The Bertz CT molecular complexity index is 872. The standard InChI is InChI=1S/C18H18BrN3O2/c1-3-14-16(18(23)20-13-9-7-12(19)8-10-13)22-11-5-6-15(24-4-2)17(22)21-14/h5-11H,3-4H2,1-2H3,(H,20,23). The molecule has 3 aromatic rings. The largest absolute Gasteiger partial charge is 0.490 e. The monoisotopic (exact) mass is 387 g/mol. The van der Waals surface area contributed by atoms with Crippen LogP contribution in [-0.2, 0) is 6.42 Å². The predicted molar refractivity (Wildman–Crippen MR) is 97.8 cm³/mol. The summed E-state index contributed by atoms with van der Waals surface area (Å²) in [5.41, 5.74) is 2.69. The summed E-state index contributed by atoms with van der Waals surface area (Å²) in [6.45, 7) is 4.46. The first-order valence-corrected chi connectivity index (χ1v) is 8.63. The van der Waals surface area contributed by atoms with Crippen LogP contribution in [0.1, 0.15) is 30.0 Å². The second kappa shape index (κ2) is 7.05. The molecule has 6 heteroatoms. The Labute approximate surface area is 148 Å². The summed E-state index contributed by atoms with van der Waals surface area (Å²) in [7, 11) is 0. The topological polar surface area (TPSA) is 55.6 Å². The summed E-state index contributed by atoms with van der Waals surface area (Å²) >= 11 is 3.39. The maximum atomic E-state index is 12.8. The summed E-state index contributed by atoms with van der Waals surface area (Å²) in [5, 5.41) is 2.93. The van der Waals surface area contributed by atoms with Crippen molar-refractivity contribution in [2.75, 3.05) is 11.9 Å². The number of pyridine rings is 1. The van der Waals surface area contributed by atoms with Gasteiger partial charge in [0, 0.05) is 16.4 Å². The average Bonchev–Trinajstić information content (AvgIpc) is 2.97. The molecule has 2 heterocycles. The van der Waals surface area contributed by atoms with Crippen molar-refractivity contribution in [3.63, 3.8) is 0 Å². The van der Waals surface area contributed by atoms with Crippen LogP contribution in [0.2, 0.25) is 0 Å². The number of rotatable bonds is 5. The van der Waals surface area contributed by atoms with E-state index in [4.69, 9.17) is 4.74 Å². The highest BCUT2D eigenvalue weighted by atomic mass is 79.9. The van der Waals surface area contributed by atoms with E-state index in [1.807, 2.05) is 56.4 Å². The van der Waals surface area contributed by atoms with Crippen LogP contribution in [0.15, 0.2) is 47.1 Å². The number of anilines is 1. The number of nitrogens with one attached hydrogen (secondary N) is 1. The number of hydrogen-bond acceptors (Lipinski definition) is 3. The molecule has 0 spiro atoms. The zero-order chi connectivity index (χ0) is 17.1. The first kappa shape index (κ1) is 16.5. The van der Waals surface area contributed by atoms with E-state index < -0.39 is 0 Å². The van der Waals surface area contributed by atoms with Crippen LogP contribution in [0.3, 0.4) is 0 Å². The Hall–Kier alpha value is -2.34. The number of halogens is 1. The van der Waals surface area contributed by atoms with Crippen molar-refractivity contribution in [3.8, 4) is 5.75 Å². The van der Waals surface area contributed by atoms with Gasteiger partial charge in [-0.05, 0) is 49.7 Å². The Morgan fingerprint density at radius 1 is 1.25 bits per heavy atom. The van der Waals surface area contributed by atoms with E-state index in [1.165, 1.54) is 0 Å². The summed E-state index contributed by atoms with van der Waals surface area (Å²) in [6, 6.07) is 11.2. The van der Waals surface area contributed by atoms with E-state index in [1.54, 1.807) is 4.40 Å². The molecule has 1 aromatic carbocycles. The van der Waals surface area contributed by atoms with Crippen LogP contribution < -0.4 is 10.1 Å². The third kappa shape index (κ3) is 3.14. The minimum atomic E-state index is -0.185. The maximum Gasteiger partial charge on any atom is 0.274 e. The number of ether oxygens (including phenoxy) is 1. The Morgan fingerprint density at radius 3 is 2.67 bits per heavy atom. The maximum absolute atomic E-state index is 12.8. The molecule has 0 aliphatic carbocycles. The van der Waals surface area contributed by atoms with Crippen molar-refractivity contribution in [1.29, 1.82) is 0 Å². The summed E-state index contributed by atoms with van der Waals surface area (Å²) in [6.07, 6.45) is 2.50. The highest BCUT2D eigenvalue weighted by Crippen LogP contribution is 2.24. The van der Waals surface area contributed by atoms with Crippen molar-refractivity contribution >= 4 is 33.2 Å². The van der Waals surface area contributed by atoms with Crippen molar-refractivity contribution in [2.45, 2.75) is 20.3 Å². The molecule has 0 bridgehead atoms. The SMILES string of the molecule is CCOc1cccn2c(C(=O)Nc3ccc(Br)cc3)c(CC)nc12. The van der Waals surface area contributed by atoms with Crippen LogP contribution in [0.5, 0.6) is 5.75 Å². The van der Waals surface area contributed by atoms with Gasteiger partial charge in [-0.15, -0.1) is 0 Å². The molecule has 0 aliphatic heterocycles. The molecule has 0 unspecified atom stereocenters. The lowest BCUT2D eigenvalue weighted by Gasteiger charge is -2.08. The van der Waals surface area contributed by atoms with Crippen molar-refractivity contribution in [3.05, 3.63) is 58.5 Å². The number of fused-ring (bicyclic) bond motifs is 1. The molecule has 3 rings (SSSR count). The van der Waals surface area contributed by atoms with E-state index >= 15 is 0 Å². The molecular weight excluding hydrogens is 370 g/mol. The number of carbonyl (C=O) groups is 1. The molecule has 24 heavy (non-hydrogen) atoms. The van der Waals surface area contributed by atoms with Gasteiger partial charge in [-0.25, -0.2) is 4.98 Å². The van der Waals surface area contributed by atoms with Crippen molar-refractivity contribution in [2.24, 2.45) is 0 Å². The number of hydrogen-bond donors (Lipinski definition) is 1. The number of aryl methyl sites for hydroxylation is 1. The van der Waals surface area contributed by atoms with E-state index in [-0.39, 0.29) is 5.91 Å². The van der Waals surface area contributed by atoms with Gasteiger partial charge in [0.1, 0.15) is 5.69 Å². The molecule has 5 nitrogen and oxygen atoms in total. The summed E-state index contributed by atoms with van der Waals surface area (Å²) in [5.74, 6) is 0.493. The molecule has 0 atom stereocenters. The van der Waals surface area contributed by atoms with Gasteiger partial charge < -0.3 is 10.1 Å². The Morgan fingerprint density at radius 2 is 2.00 bits per heavy atom. The van der Waals surface area contributed by atoms with Crippen molar-refractivity contribution < 1.29 is 9.53 Å². The minimum Gasteiger partial charge on any atom is -0.490 e. The minimum absolute atomic E-state index is 0.185. The van der Waals surface area contributed by atoms with Gasteiger partial charge in [0.15, 0.2) is 11.4 Å². The van der Waals surface area contributed by atoms with E-state index in [0.29, 0.717) is 30.1 Å². The third-order valence-electron chi connectivity index (χ3n) is 3.64. The van der Waals surface area contributed by atoms with Crippen LogP contribution in [0.4, 0.5) is 5.69 Å². The molecule has 0 saturated heterocycles. The lowest BCUT2D eigenvalue weighted by Crippen LogP contribution is -2.16. The fourth-order valence-corrected chi connectivity index (χ4v) is 2.83. The fourth-order valence-electron chi connectivity index (χ4n) is 2.57. The predicted octanol–water partition coefficient (Wildman–Crippen LogP) is 4.31. The average molecular weight is 388 g/mol. The van der Waals surface area contributed by atoms with Gasteiger partial charge >= 0.3 is 0 Å². The number of benzene rings is 1. The first-order valence-electron chi connectivity index (χ1n) is 7.83.